The predicted molar refractivity (Wildman–Crippen MR) is 124 cm³/mol. The minimum Gasteiger partial charge on any atom is -0.497 e. The van der Waals surface area contributed by atoms with E-state index in [2.05, 4.69) is 10.3 Å². The van der Waals surface area contributed by atoms with Crippen LogP contribution in [0.15, 0.2) is 83.9 Å². The van der Waals surface area contributed by atoms with Crippen molar-refractivity contribution in [2.24, 2.45) is 10.9 Å². The van der Waals surface area contributed by atoms with E-state index in [4.69, 9.17) is 14.2 Å². The number of benzene rings is 3. The molecular weight excluding hydrogens is 420 g/mol. The average molecular weight is 444 g/mol. The van der Waals surface area contributed by atoms with Gasteiger partial charge in [-0.1, -0.05) is 42.5 Å². The number of ether oxygens (including phenoxy) is 3. The number of carbonyl (C=O) groups is 2. The molecular formula is C26H24N2O5. The highest BCUT2D eigenvalue weighted by atomic mass is 16.5. The monoisotopic (exact) mass is 444 g/mol. The Morgan fingerprint density at radius 2 is 1.67 bits per heavy atom. The van der Waals surface area contributed by atoms with E-state index in [0.717, 1.165) is 16.9 Å². The average Bonchev–Trinajstić information content (AvgIpc) is 2.83. The third kappa shape index (κ3) is 5.38. The molecule has 33 heavy (non-hydrogen) atoms. The maximum Gasteiger partial charge on any atom is 0.341 e. The molecule has 0 saturated heterocycles. The van der Waals surface area contributed by atoms with E-state index < -0.39 is 24.0 Å². The van der Waals surface area contributed by atoms with Crippen LogP contribution in [0.3, 0.4) is 0 Å². The number of hydrogen-bond acceptors (Lipinski definition) is 5. The van der Waals surface area contributed by atoms with Crippen LogP contribution >= 0.6 is 0 Å². The van der Waals surface area contributed by atoms with Crippen molar-refractivity contribution in [2.75, 3.05) is 7.11 Å². The van der Waals surface area contributed by atoms with Gasteiger partial charge in [0.2, 0.25) is 0 Å². The number of esters is 1. The Balaban J connectivity index is 1.53. The Morgan fingerprint density at radius 3 is 2.39 bits per heavy atom. The quantitative estimate of drug-likeness (QED) is 0.514. The van der Waals surface area contributed by atoms with E-state index in [0.29, 0.717) is 17.2 Å². The number of carbonyl (C=O) groups excluding carboxylic acids is 2. The molecule has 168 valence electrons. The van der Waals surface area contributed by atoms with E-state index in [-0.39, 0.29) is 6.61 Å². The van der Waals surface area contributed by atoms with Crippen molar-refractivity contribution in [3.05, 3.63) is 90.0 Å². The lowest BCUT2D eigenvalue weighted by Crippen LogP contribution is -2.44. The lowest BCUT2D eigenvalue weighted by molar-refractivity contribution is -0.148. The predicted octanol–water partition coefficient (Wildman–Crippen LogP) is 5.07. The summed E-state index contributed by atoms with van der Waals surface area (Å²) >= 11 is 0. The molecule has 1 aliphatic heterocycles. The molecule has 3 aromatic rings. The van der Waals surface area contributed by atoms with Crippen LogP contribution in [0.2, 0.25) is 0 Å². The van der Waals surface area contributed by atoms with Crippen LogP contribution in [0.1, 0.15) is 24.1 Å². The summed E-state index contributed by atoms with van der Waals surface area (Å²) in [6.07, 6.45) is 0. The number of nitrogens with one attached hydrogen (secondary N) is 1. The van der Waals surface area contributed by atoms with Gasteiger partial charge in [-0.05, 0) is 54.4 Å². The Bertz CT molecular complexity index is 1160. The fraction of sp³-hybridized carbons (Fsp3) is 0.192. The molecule has 0 aliphatic carbocycles. The summed E-state index contributed by atoms with van der Waals surface area (Å²) < 4.78 is 16.6. The van der Waals surface area contributed by atoms with E-state index >= 15 is 0 Å². The van der Waals surface area contributed by atoms with Crippen molar-refractivity contribution in [1.82, 2.24) is 5.32 Å². The highest BCUT2D eigenvalue weighted by molar-refractivity contribution is 6.08. The molecule has 2 atom stereocenters. The topological polar surface area (TPSA) is 86.2 Å². The summed E-state index contributed by atoms with van der Waals surface area (Å²) in [7, 11) is 1.59. The smallest absolute Gasteiger partial charge is 0.341 e. The molecule has 0 aromatic heterocycles. The molecule has 1 aliphatic rings. The minimum atomic E-state index is -0.757. The zero-order valence-corrected chi connectivity index (χ0v) is 18.4. The molecule has 3 aromatic carbocycles. The first kappa shape index (κ1) is 22.1. The van der Waals surface area contributed by atoms with Gasteiger partial charge in [-0.2, -0.15) is 0 Å². The van der Waals surface area contributed by atoms with Gasteiger partial charge in [0.1, 0.15) is 29.8 Å². The van der Waals surface area contributed by atoms with Gasteiger partial charge in [-0.3, -0.25) is 4.79 Å². The molecule has 2 unspecified atom stereocenters. The lowest BCUT2D eigenvalue weighted by atomic mass is 9.88. The summed E-state index contributed by atoms with van der Waals surface area (Å²) in [5.74, 6) is 0.786. The zero-order chi connectivity index (χ0) is 23.2. The van der Waals surface area contributed by atoms with Crippen LogP contribution < -0.4 is 14.8 Å². The third-order valence-electron chi connectivity index (χ3n) is 5.33. The van der Waals surface area contributed by atoms with Gasteiger partial charge in [0.15, 0.2) is 0 Å². The van der Waals surface area contributed by atoms with Crippen LogP contribution in [0.25, 0.3) is 0 Å². The Morgan fingerprint density at radius 1 is 0.939 bits per heavy atom. The van der Waals surface area contributed by atoms with Crippen LogP contribution in [0, 0.1) is 5.92 Å². The molecule has 0 fully saturated rings. The molecule has 4 rings (SSSR count). The van der Waals surface area contributed by atoms with Gasteiger partial charge in [0.25, 0.3) is 0 Å². The number of rotatable bonds is 7. The molecule has 0 bridgehead atoms. The van der Waals surface area contributed by atoms with Crippen molar-refractivity contribution in [1.29, 1.82) is 0 Å². The summed E-state index contributed by atoms with van der Waals surface area (Å²) in [6, 6.07) is 22.8. The van der Waals surface area contributed by atoms with Gasteiger partial charge in [-0.25, -0.2) is 9.79 Å². The molecule has 2 amide bonds. The van der Waals surface area contributed by atoms with Crippen molar-refractivity contribution >= 4 is 17.7 Å². The number of urea groups is 1. The van der Waals surface area contributed by atoms with Gasteiger partial charge in [-0.15, -0.1) is 0 Å². The number of amides is 2. The number of methoxy groups -OCH3 is 1. The van der Waals surface area contributed by atoms with E-state index in [9.17, 15) is 9.59 Å². The zero-order valence-electron chi connectivity index (χ0n) is 18.4. The standard InChI is InChI=1S/C26H24N2O5/c1-17-23(25(29)32-16-18-11-13-20(31-2)14-12-18)24(28-26(30)27-17)19-7-6-10-22(15-19)33-21-8-4-3-5-9-21/h3-15,23-24H,16H2,1-2H3,(H,28,30). The normalized spacial score (nSPS) is 17.5. The number of hydrogen-bond donors (Lipinski definition) is 1. The van der Waals surface area contributed by atoms with Crippen LogP contribution in [-0.2, 0) is 16.1 Å². The summed E-state index contributed by atoms with van der Waals surface area (Å²) in [4.78, 5) is 29.2. The number of nitrogens with zero attached hydrogens (tertiary/aromatic N) is 1. The fourth-order valence-electron chi connectivity index (χ4n) is 3.66. The van der Waals surface area contributed by atoms with Gasteiger partial charge < -0.3 is 19.5 Å². The summed E-state index contributed by atoms with van der Waals surface area (Å²) in [5, 5.41) is 2.80. The third-order valence-corrected chi connectivity index (χ3v) is 5.33. The SMILES string of the molecule is COc1ccc(COC(=O)C2C(C)=NC(=O)NC2c2cccc(Oc3ccccc3)c2)cc1. The lowest BCUT2D eigenvalue weighted by Gasteiger charge is -2.30. The first-order chi connectivity index (χ1) is 16.0. The molecule has 7 nitrogen and oxygen atoms in total. The summed E-state index contributed by atoms with van der Waals surface area (Å²) in [6.45, 7) is 1.76. The molecule has 1 N–H and O–H groups in total. The van der Waals surface area contributed by atoms with E-state index in [1.807, 2.05) is 60.7 Å². The van der Waals surface area contributed by atoms with Crippen LogP contribution in [0.4, 0.5) is 4.79 Å². The molecule has 0 spiro atoms. The van der Waals surface area contributed by atoms with E-state index in [1.54, 1.807) is 32.2 Å². The first-order valence-corrected chi connectivity index (χ1v) is 10.5. The van der Waals surface area contributed by atoms with E-state index in [1.165, 1.54) is 0 Å². The van der Waals surface area contributed by atoms with Crippen molar-refractivity contribution in [3.8, 4) is 17.2 Å². The summed E-state index contributed by atoms with van der Waals surface area (Å²) in [5.41, 5.74) is 1.95. The maximum absolute atomic E-state index is 13.1. The Labute approximate surface area is 192 Å². The Hall–Kier alpha value is -4.13. The Kier molecular flexibility index (Phi) is 6.69. The van der Waals surface area contributed by atoms with Crippen molar-refractivity contribution in [3.63, 3.8) is 0 Å². The minimum absolute atomic E-state index is 0.102. The van der Waals surface area contributed by atoms with Crippen molar-refractivity contribution < 1.29 is 23.8 Å². The van der Waals surface area contributed by atoms with Gasteiger partial charge >= 0.3 is 12.0 Å². The second-order valence-electron chi connectivity index (χ2n) is 7.60. The second-order valence-corrected chi connectivity index (χ2v) is 7.60. The highest BCUT2D eigenvalue weighted by Crippen LogP contribution is 2.31. The molecule has 0 radical (unpaired) electrons. The largest absolute Gasteiger partial charge is 0.497 e. The van der Waals surface area contributed by atoms with Crippen LogP contribution in [-0.4, -0.2) is 24.8 Å². The number of para-hydroxylation sites is 1. The van der Waals surface area contributed by atoms with Gasteiger partial charge in [0, 0.05) is 5.71 Å². The number of aliphatic imine (C=N–C) groups is 1. The first-order valence-electron chi connectivity index (χ1n) is 10.5. The fourth-order valence-corrected chi connectivity index (χ4v) is 3.66. The molecule has 1 heterocycles. The molecule has 7 heteroatoms. The second kappa shape index (κ2) is 9.99. The highest BCUT2D eigenvalue weighted by Gasteiger charge is 2.38. The van der Waals surface area contributed by atoms with Crippen molar-refractivity contribution in [2.45, 2.75) is 19.6 Å². The van der Waals surface area contributed by atoms with Crippen LogP contribution in [0.5, 0.6) is 17.2 Å². The molecule has 0 saturated carbocycles. The van der Waals surface area contributed by atoms with Gasteiger partial charge in [0.05, 0.1) is 13.2 Å². The maximum atomic E-state index is 13.1.